The first-order valence-electron chi connectivity index (χ1n) is 5.95. The second kappa shape index (κ2) is 5.29. The van der Waals surface area contributed by atoms with Crippen LogP contribution in [-0.4, -0.2) is 9.78 Å². The van der Waals surface area contributed by atoms with Crippen LogP contribution in [0.5, 0.6) is 0 Å². The highest BCUT2D eigenvalue weighted by Crippen LogP contribution is 2.32. The van der Waals surface area contributed by atoms with Crippen molar-refractivity contribution in [1.82, 2.24) is 9.78 Å². The third-order valence-corrected chi connectivity index (χ3v) is 4.06. The molecule has 88 valence electrons. The molecule has 1 fully saturated rings. The lowest BCUT2D eigenvalue weighted by molar-refractivity contribution is 0.241. The van der Waals surface area contributed by atoms with Crippen LogP contribution in [0.15, 0.2) is 17.1 Å². The van der Waals surface area contributed by atoms with Crippen molar-refractivity contribution >= 4 is 22.6 Å². The third-order valence-electron chi connectivity index (χ3n) is 3.47. The maximum atomic E-state index is 11.8. The Morgan fingerprint density at radius 1 is 1.56 bits per heavy atom. The van der Waals surface area contributed by atoms with Gasteiger partial charge in [-0.15, -0.1) is 0 Å². The van der Waals surface area contributed by atoms with Gasteiger partial charge in [0.1, 0.15) is 0 Å². The second-order valence-electron chi connectivity index (χ2n) is 4.55. The normalized spacial score (nSPS) is 25.6. The van der Waals surface area contributed by atoms with E-state index in [1.54, 1.807) is 16.9 Å². The molecule has 0 aromatic carbocycles. The zero-order valence-electron chi connectivity index (χ0n) is 9.53. The molecule has 0 N–H and O–H groups in total. The van der Waals surface area contributed by atoms with Gasteiger partial charge in [-0.05, 0) is 41.4 Å². The average Bonchev–Trinajstić information content (AvgIpc) is 2.29. The smallest absolute Gasteiger partial charge is 0.268 e. The van der Waals surface area contributed by atoms with Gasteiger partial charge in [-0.1, -0.05) is 26.2 Å². The summed E-state index contributed by atoms with van der Waals surface area (Å²) in [5.74, 6) is 0.770. The molecule has 0 saturated heterocycles. The maximum Gasteiger partial charge on any atom is 0.268 e. The molecule has 0 amide bonds. The van der Waals surface area contributed by atoms with Gasteiger partial charge in [0.2, 0.25) is 0 Å². The van der Waals surface area contributed by atoms with Gasteiger partial charge in [0.25, 0.3) is 5.56 Å². The number of halogens is 1. The number of nitrogens with zero attached hydrogens (tertiary/aromatic N) is 2. The first kappa shape index (κ1) is 12.1. The molecule has 2 unspecified atom stereocenters. The first-order chi connectivity index (χ1) is 7.70. The van der Waals surface area contributed by atoms with Gasteiger partial charge in [0, 0.05) is 9.64 Å². The van der Waals surface area contributed by atoms with Gasteiger partial charge >= 0.3 is 0 Å². The summed E-state index contributed by atoms with van der Waals surface area (Å²) in [7, 11) is 0. The maximum absolute atomic E-state index is 11.8. The van der Waals surface area contributed by atoms with Crippen molar-refractivity contribution in [3.8, 4) is 0 Å². The van der Waals surface area contributed by atoms with E-state index >= 15 is 0 Å². The van der Waals surface area contributed by atoms with Gasteiger partial charge in [-0.3, -0.25) is 4.79 Å². The minimum absolute atomic E-state index is 0.0497. The topological polar surface area (TPSA) is 34.9 Å². The second-order valence-corrected chi connectivity index (χ2v) is 5.80. The Morgan fingerprint density at radius 3 is 3.06 bits per heavy atom. The Bertz CT molecular complexity index is 416. The van der Waals surface area contributed by atoms with Crippen molar-refractivity contribution in [2.24, 2.45) is 5.92 Å². The molecule has 4 heteroatoms. The molecule has 1 saturated carbocycles. The van der Waals surface area contributed by atoms with Crippen LogP contribution in [-0.2, 0) is 0 Å². The number of rotatable bonds is 2. The van der Waals surface area contributed by atoms with E-state index in [1.807, 2.05) is 0 Å². The highest BCUT2D eigenvalue weighted by Gasteiger charge is 2.23. The van der Waals surface area contributed by atoms with Crippen molar-refractivity contribution in [1.29, 1.82) is 0 Å². The molecule has 2 rings (SSSR count). The number of hydrogen-bond acceptors (Lipinski definition) is 2. The molecular weight excluding hydrogens is 315 g/mol. The molecule has 0 spiro atoms. The van der Waals surface area contributed by atoms with Crippen LogP contribution in [0.1, 0.15) is 45.1 Å². The Hall–Kier alpha value is -0.390. The van der Waals surface area contributed by atoms with E-state index in [-0.39, 0.29) is 5.56 Å². The van der Waals surface area contributed by atoms with Crippen molar-refractivity contribution < 1.29 is 0 Å². The summed E-state index contributed by atoms with van der Waals surface area (Å²) in [6.45, 7) is 2.23. The molecule has 1 heterocycles. The lowest BCUT2D eigenvalue weighted by Crippen LogP contribution is -2.30. The van der Waals surface area contributed by atoms with E-state index in [0.29, 0.717) is 6.04 Å². The minimum atomic E-state index is 0.0497. The van der Waals surface area contributed by atoms with E-state index in [1.165, 1.54) is 19.3 Å². The largest absolute Gasteiger partial charge is 0.268 e. The average molecular weight is 332 g/mol. The summed E-state index contributed by atoms with van der Waals surface area (Å²) in [4.78, 5) is 11.8. The summed E-state index contributed by atoms with van der Waals surface area (Å²) < 4.78 is 2.60. The van der Waals surface area contributed by atoms with Crippen LogP contribution in [0.25, 0.3) is 0 Å². The Kier molecular flexibility index (Phi) is 4.00. The van der Waals surface area contributed by atoms with Crippen molar-refractivity contribution in [3.05, 3.63) is 26.2 Å². The van der Waals surface area contributed by atoms with Crippen LogP contribution in [0.3, 0.4) is 0 Å². The van der Waals surface area contributed by atoms with Crippen molar-refractivity contribution in [2.45, 2.75) is 45.1 Å². The molecule has 1 aromatic rings. The molecule has 0 radical (unpaired) electrons. The molecule has 16 heavy (non-hydrogen) atoms. The summed E-state index contributed by atoms with van der Waals surface area (Å²) in [5, 5.41) is 4.27. The van der Waals surface area contributed by atoms with Crippen LogP contribution < -0.4 is 5.56 Å². The monoisotopic (exact) mass is 332 g/mol. The molecular formula is C12H17IN2O. The van der Waals surface area contributed by atoms with Crippen molar-refractivity contribution in [2.75, 3.05) is 0 Å². The SMILES string of the molecule is CCC1CCCC(n2ncc(I)cc2=O)C1. The van der Waals surface area contributed by atoms with E-state index in [9.17, 15) is 4.79 Å². The van der Waals surface area contributed by atoms with Gasteiger partial charge < -0.3 is 0 Å². The van der Waals surface area contributed by atoms with E-state index in [4.69, 9.17) is 0 Å². The fourth-order valence-electron chi connectivity index (χ4n) is 2.53. The summed E-state index contributed by atoms with van der Waals surface area (Å²) in [6, 6.07) is 1.99. The van der Waals surface area contributed by atoms with Crippen LogP contribution in [0.4, 0.5) is 0 Å². The molecule has 1 aliphatic carbocycles. The molecule has 1 aliphatic rings. The van der Waals surface area contributed by atoms with Crippen molar-refractivity contribution in [3.63, 3.8) is 0 Å². The van der Waals surface area contributed by atoms with Gasteiger partial charge in [-0.25, -0.2) is 4.68 Å². The lowest BCUT2D eigenvalue weighted by Gasteiger charge is -2.28. The van der Waals surface area contributed by atoms with Gasteiger partial charge in [-0.2, -0.15) is 5.10 Å². The summed E-state index contributed by atoms with van der Waals surface area (Å²) >= 11 is 2.13. The minimum Gasteiger partial charge on any atom is -0.268 e. The fraction of sp³-hybridized carbons (Fsp3) is 0.667. The lowest BCUT2D eigenvalue weighted by atomic mass is 9.84. The molecule has 0 aliphatic heterocycles. The predicted molar refractivity (Wildman–Crippen MR) is 72.5 cm³/mol. The van der Waals surface area contributed by atoms with Crippen LogP contribution in [0, 0.1) is 9.49 Å². The zero-order chi connectivity index (χ0) is 11.5. The fourth-order valence-corrected chi connectivity index (χ4v) is 2.92. The van der Waals surface area contributed by atoms with E-state index in [0.717, 1.165) is 22.3 Å². The number of hydrogen-bond donors (Lipinski definition) is 0. The quantitative estimate of drug-likeness (QED) is 0.781. The molecule has 0 bridgehead atoms. The standard InChI is InChI=1S/C12H17IN2O/c1-2-9-4-3-5-11(6-9)15-12(16)7-10(13)8-14-15/h7-9,11H,2-6H2,1H3. The zero-order valence-corrected chi connectivity index (χ0v) is 11.7. The Labute approximate surface area is 109 Å². The highest BCUT2D eigenvalue weighted by molar-refractivity contribution is 14.1. The third kappa shape index (κ3) is 2.64. The summed E-state index contributed by atoms with van der Waals surface area (Å²) in [5.41, 5.74) is 0.0497. The summed E-state index contributed by atoms with van der Waals surface area (Å²) in [6.07, 6.45) is 7.75. The molecule has 3 nitrogen and oxygen atoms in total. The van der Waals surface area contributed by atoms with Crippen LogP contribution >= 0.6 is 22.6 Å². The Morgan fingerprint density at radius 2 is 2.38 bits per heavy atom. The van der Waals surface area contributed by atoms with Gasteiger partial charge in [0.15, 0.2) is 0 Å². The van der Waals surface area contributed by atoms with Crippen LogP contribution in [0.2, 0.25) is 0 Å². The van der Waals surface area contributed by atoms with Gasteiger partial charge in [0.05, 0.1) is 12.2 Å². The Balaban J connectivity index is 2.20. The predicted octanol–water partition coefficient (Wildman–Crippen LogP) is 2.99. The molecule has 1 aromatic heterocycles. The highest BCUT2D eigenvalue weighted by atomic mass is 127. The van der Waals surface area contributed by atoms with E-state index in [2.05, 4.69) is 34.6 Å². The first-order valence-corrected chi connectivity index (χ1v) is 7.03. The number of aromatic nitrogens is 2. The van der Waals surface area contributed by atoms with E-state index < -0.39 is 0 Å². The molecule has 2 atom stereocenters.